The van der Waals surface area contributed by atoms with Crippen LogP contribution in [0.15, 0.2) is 24.3 Å². The van der Waals surface area contributed by atoms with E-state index in [2.05, 4.69) is 49.9 Å². The molecule has 0 amide bonds. The second-order valence-electron chi connectivity index (χ2n) is 4.19. The maximum Gasteiger partial charge on any atom is 0.0424 e. The van der Waals surface area contributed by atoms with Crippen molar-refractivity contribution < 1.29 is 0 Å². The topological polar surface area (TPSA) is 29.3 Å². The molecule has 0 aromatic heterocycles. The molecule has 2 N–H and O–H groups in total. The molecule has 0 heterocycles. The summed E-state index contributed by atoms with van der Waals surface area (Å²) >= 11 is 0. The van der Waals surface area contributed by atoms with Crippen LogP contribution in [-0.4, -0.2) is 24.5 Å². The number of aryl methyl sites for hydroxylation is 1. The van der Waals surface area contributed by atoms with Crippen LogP contribution in [0.1, 0.15) is 37.9 Å². The monoisotopic (exact) mass is 220 g/mol. The van der Waals surface area contributed by atoms with E-state index in [1.165, 1.54) is 11.1 Å². The van der Waals surface area contributed by atoms with E-state index in [1.807, 2.05) is 0 Å². The molecule has 16 heavy (non-hydrogen) atoms. The van der Waals surface area contributed by atoms with Crippen molar-refractivity contribution in [1.82, 2.24) is 4.90 Å². The molecule has 0 aliphatic rings. The Morgan fingerprint density at radius 2 is 1.62 bits per heavy atom. The second kappa shape index (κ2) is 6.66. The first kappa shape index (κ1) is 13.2. The van der Waals surface area contributed by atoms with Crippen LogP contribution >= 0.6 is 0 Å². The molecule has 0 fully saturated rings. The Bertz CT molecular complexity index is 288. The molecule has 0 bridgehead atoms. The maximum absolute atomic E-state index is 6.20. The summed E-state index contributed by atoms with van der Waals surface area (Å²) < 4.78 is 0. The van der Waals surface area contributed by atoms with Crippen LogP contribution < -0.4 is 5.73 Å². The smallest absolute Gasteiger partial charge is 0.0424 e. The third-order valence-corrected chi connectivity index (χ3v) is 3.17. The predicted octanol–water partition coefficient (Wildman–Crippen LogP) is 2.59. The van der Waals surface area contributed by atoms with E-state index in [-0.39, 0.29) is 6.04 Å². The minimum absolute atomic E-state index is 0.130. The zero-order valence-corrected chi connectivity index (χ0v) is 10.7. The van der Waals surface area contributed by atoms with Crippen molar-refractivity contribution in [3.8, 4) is 0 Å². The summed E-state index contributed by atoms with van der Waals surface area (Å²) in [6, 6.07) is 8.81. The molecule has 0 radical (unpaired) electrons. The van der Waals surface area contributed by atoms with E-state index < -0.39 is 0 Å². The lowest BCUT2D eigenvalue weighted by Gasteiger charge is -2.22. The molecule has 0 spiro atoms. The highest BCUT2D eigenvalue weighted by molar-refractivity contribution is 5.25. The van der Waals surface area contributed by atoms with Gasteiger partial charge in [-0.3, -0.25) is 0 Å². The van der Waals surface area contributed by atoms with Crippen molar-refractivity contribution in [3.63, 3.8) is 0 Å². The minimum atomic E-state index is 0.130. The van der Waals surface area contributed by atoms with Gasteiger partial charge in [-0.15, -0.1) is 0 Å². The molecule has 90 valence electrons. The standard InChI is InChI=1S/C14H24N2/c1-4-12-7-9-13(10-8-12)14(15)11-16(5-2)6-3/h7-10,14H,4-6,11,15H2,1-3H3. The van der Waals surface area contributed by atoms with Gasteiger partial charge in [0.2, 0.25) is 0 Å². The number of hydrogen-bond donors (Lipinski definition) is 1. The zero-order valence-electron chi connectivity index (χ0n) is 10.7. The van der Waals surface area contributed by atoms with E-state index in [0.717, 1.165) is 26.1 Å². The highest BCUT2D eigenvalue weighted by Gasteiger charge is 2.09. The highest BCUT2D eigenvalue weighted by atomic mass is 15.1. The molecular weight excluding hydrogens is 196 g/mol. The van der Waals surface area contributed by atoms with E-state index in [4.69, 9.17) is 5.73 Å². The highest BCUT2D eigenvalue weighted by Crippen LogP contribution is 2.13. The van der Waals surface area contributed by atoms with Crippen molar-refractivity contribution in [3.05, 3.63) is 35.4 Å². The molecule has 0 saturated heterocycles. The fourth-order valence-corrected chi connectivity index (χ4v) is 1.87. The van der Waals surface area contributed by atoms with Gasteiger partial charge in [-0.05, 0) is 30.6 Å². The summed E-state index contributed by atoms with van der Waals surface area (Å²) in [5.74, 6) is 0. The Morgan fingerprint density at radius 1 is 1.06 bits per heavy atom. The fourth-order valence-electron chi connectivity index (χ4n) is 1.87. The van der Waals surface area contributed by atoms with Crippen LogP contribution in [0.4, 0.5) is 0 Å². The first-order chi connectivity index (χ1) is 7.71. The normalized spacial score (nSPS) is 13.1. The summed E-state index contributed by atoms with van der Waals surface area (Å²) in [6.45, 7) is 9.60. The van der Waals surface area contributed by atoms with Crippen molar-refractivity contribution >= 4 is 0 Å². The number of benzene rings is 1. The van der Waals surface area contributed by atoms with Gasteiger partial charge in [0, 0.05) is 12.6 Å². The van der Waals surface area contributed by atoms with Gasteiger partial charge in [-0.25, -0.2) is 0 Å². The molecule has 0 saturated carbocycles. The first-order valence-corrected chi connectivity index (χ1v) is 6.28. The Kier molecular flexibility index (Phi) is 5.50. The maximum atomic E-state index is 6.20. The SMILES string of the molecule is CCc1ccc(C(N)CN(CC)CC)cc1. The average molecular weight is 220 g/mol. The molecule has 1 aromatic carbocycles. The quantitative estimate of drug-likeness (QED) is 0.798. The van der Waals surface area contributed by atoms with Crippen LogP contribution in [-0.2, 0) is 6.42 Å². The number of nitrogens with two attached hydrogens (primary N) is 1. The van der Waals surface area contributed by atoms with Crippen LogP contribution in [0.5, 0.6) is 0 Å². The number of rotatable bonds is 6. The summed E-state index contributed by atoms with van der Waals surface area (Å²) in [4.78, 5) is 2.36. The summed E-state index contributed by atoms with van der Waals surface area (Å²) in [5, 5.41) is 0. The lowest BCUT2D eigenvalue weighted by molar-refractivity contribution is 0.284. The Balaban J connectivity index is 2.61. The minimum Gasteiger partial charge on any atom is -0.323 e. The fraction of sp³-hybridized carbons (Fsp3) is 0.571. The molecule has 0 aliphatic carbocycles. The van der Waals surface area contributed by atoms with Crippen LogP contribution in [0.2, 0.25) is 0 Å². The van der Waals surface area contributed by atoms with Crippen LogP contribution in [0.25, 0.3) is 0 Å². The Morgan fingerprint density at radius 3 is 2.06 bits per heavy atom. The van der Waals surface area contributed by atoms with Gasteiger partial charge in [0.05, 0.1) is 0 Å². The number of likely N-dealkylation sites (N-methyl/N-ethyl adjacent to an activating group) is 1. The van der Waals surface area contributed by atoms with Crippen LogP contribution in [0, 0.1) is 0 Å². The Labute approximate surface area is 99.5 Å². The van der Waals surface area contributed by atoms with Crippen molar-refractivity contribution in [1.29, 1.82) is 0 Å². The third kappa shape index (κ3) is 3.62. The van der Waals surface area contributed by atoms with Gasteiger partial charge in [0.25, 0.3) is 0 Å². The molecule has 0 aliphatic heterocycles. The second-order valence-corrected chi connectivity index (χ2v) is 4.19. The summed E-state index contributed by atoms with van der Waals surface area (Å²) in [7, 11) is 0. The third-order valence-electron chi connectivity index (χ3n) is 3.17. The summed E-state index contributed by atoms with van der Waals surface area (Å²) in [6.07, 6.45) is 1.09. The van der Waals surface area contributed by atoms with Crippen molar-refractivity contribution in [2.45, 2.75) is 33.2 Å². The van der Waals surface area contributed by atoms with Gasteiger partial charge < -0.3 is 10.6 Å². The van der Waals surface area contributed by atoms with Crippen LogP contribution in [0.3, 0.4) is 0 Å². The number of nitrogens with zero attached hydrogens (tertiary/aromatic N) is 1. The molecule has 1 unspecified atom stereocenters. The largest absolute Gasteiger partial charge is 0.323 e. The Hall–Kier alpha value is -0.860. The van der Waals surface area contributed by atoms with E-state index in [1.54, 1.807) is 0 Å². The van der Waals surface area contributed by atoms with Gasteiger partial charge in [-0.1, -0.05) is 45.0 Å². The van der Waals surface area contributed by atoms with Crippen molar-refractivity contribution in [2.75, 3.05) is 19.6 Å². The molecule has 2 nitrogen and oxygen atoms in total. The molecule has 1 atom stereocenters. The summed E-state index contributed by atoms with van der Waals surface area (Å²) in [5.41, 5.74) is 8.81. The molecule has 1 rings (SSSR count). The lowest BCUT2D eigenvalue weighted by Crippen LogP contribution is -2.31. The molecule has 2 heteroatoms. The van der Waals surface area contributed by atoms with E-state index in [0.29, 0.717) is 0 Å². The molecule has 1 aromatic rings. The van der Waals surface area contributed by atoms with Gasteiger partial charge >= 0.3 is 0 Å². The first-order valence-electron chi connectivity index (χ1n) is 6.28. The zero-order chi connectivity index (χ0) is 12.0. The van der Waals surface area contributed by atoms with Gasteiger partial charge in [0.15, 0.2) is 0 Å². The van der Waals surface area contributed by atoms with Crippen molar-refractivity contribution in [2.24, 2.45) is 5.73 Å². The van der Waals surface area contributed by atoms with Gasteiger partial charge in [0.1, 0.15) is 0 Å². The molecular formula is C14H24N2. The van der Waals surface area contributed by atoms with Gasteiger partial charge in [-0.2, -0.15) is 0 Å². The lowest BCUT2D eigenvalue weighted by atomic mass is 10.0. The average Bonchev–Trinajstić information content (AvgIpc) is 2.35. The number of hydrogen-bond acceptors (Lipinski definition) is 2. The predicted molar refractivity (Wildman–Crippen MR) is 70.5 cm³/mol. The van der Waals surface area contributed by atoms with E-state index in [9.17, 15) is 0 Å². The van der Waals surface area contributed by atoms with E-state index >= 15 is 0 Å².